The molecule has 0 radical (unpaired) electrons. The van der Waals surface area contributed by atoms with Gasteiger partial charge in [0.25, 0.3) is 11.8 Å². The number of nitrogens with zero attached hydrogens (tertiary/aromatic N) is 1. The largest absolute Gasteiger partial charge is 0.456 e. The van der Waals surface area contributed by atoms with Crippen LogP contribution in [0.25, 0.3) is 0 Å². The number of aryl methyl sites for hydroxylation is 2. The summed E-state index contributed by atoms with van der Waals surface area (Å²) in [5.41, 5.74) is 2.02. The summed E-state index contributed by atoms with van der Waals surface area (Å²) in [5, 5.41) is 0.253. The van der Waals surface area contributed by atoms with Crippen LogP contribution in [-0.2, 0) is 9.53 Å². The summed E-state index contributed by atoms with van der Waals surface area (Å²) in [5.74, 6) is -2.61. The van der Waals surface area contributed by atoms with Gasteiger partial charge in [0.05, 0.1) is 21.2 Å². The van der Waals surface area contributed by atoms with E-state index in [1.54, 1.807) is 19.9 Å². The van der Waals surface area contributed by atoms with Crippen molar-refractivity contribution in [2.45, 2.75) is 26.8 Å². The molecule has 28 heavy (non-hydrogen) atoms. The maximum Gasteiger partial charge on any atom is 0.329 e. The SMILES string of the molecule is Cc1cc(C(=O)COC(=O)[C@H](C)N2C(=O)c3cc(Cl)c(Cl)cc3C2=O)c(C)[nH]1. The van der Waals surface area contributed by atoms with Crippen molar-refractivity contribution in [2.75, 3.05) is 6.61 Å². The molecule has 1 aliphatic rings. The number of nitrogens with one attached hydrogen (secondary N) is 1. The number of H-pyrrole nitrogens is 1. The van der Waals surface area contributed by atoms with Crippen molar-refractivity contribution in [3.63, 3.8) is 0 Å². The molecule has 2 amide bonds. The zero-order valence-corrected chi connectivity index (χ0v) is 16.8. The third kappa shape index (κ3) is 3.43. The number of amides is 2. The van der Waals surface area contributed by atoms with E-state index in [4.69, 9.17) is 27.9 Å². The minimum atomic E-state index is -1.22. The number of esters is 1. The molecule has 0 unspecified atom stereocenters. The number of Topliss-reactive ketones (excluding diaryl/α,β-unsaturated/α-hetero) is 1. The normalized spacial score (nSPS) is 14.2. The van der Waals surface area contributed by atoms with E-state index in [1.165, 1.54) is 19.1 Å². The summed E-state index contributed by atoms with van der Waals surface area (Å²) in [7, 11) is 0. The van der Waals surface area contributed by atoms with E-state index in [1.807, 2.05) is 0 Å². The monoisotopic (exact) mass is 422 g/mol. The fourth-order valence-electron chi connectivity index (χ4n) is 3.06. The molecular weight excluding hydrogens is 407 g/mol. The first-order chi connectivity index (χ1) is 13.1. The number of fused-ring (bicyclic) bond motifs is 1. The highest BCUT2D eigenvalue weighted by Crippen LogP contribution is 2.32. The Balaban J connectivity index is 1.72. The van der Waals surface area contributed by atoms with Crippen molar-refractivity contribution in [1.29, 1.82) is 0 Å². The van der Waals surface area contributed by atoms with Crippen molar-refractivity contribution in [3.8, 4) is 0 Å². The number of imide groups is 1. The van der Waals surface area contributed by atoms with E-state index in [2.05, 4.69) is 4.98 Å². The van der Waals surface area contributed by atoms with Gasteiger partial charge in [-0.25, -0.2) is 4.79 Å². The molecule has 1 atom stereocenters. The van der Waals surface area contributed by atoms with E-state index in [9.17, 15) is 19.2 Å². The average Bonchev–Trinajstić information content (AvgIpc) is 3.09. The van der Waals surface area contributed by atoms with Gasteiger partial charge in [-0.05, 0) is 39.0 Å². The molecule has 3 rings (SSSR count). The Morgan fingerprint density at radius 2 is 1.61 bits per heavy atom. The summed E-state index contributed by atoms with van der Waals surface area (Å²) in [6, 6.07) is 3.02. The van der Waals surface area contributed by atoms with Crippen LogP contribution >= 0.6 is 23.2 Å². The quantitative estimate of drug-likeness (QED) is 0.452. The van der Waals surface area contributed by atoms with Gasteiger partial charge in [0.1, 0.15) is 6.04 Å². The van der Waals surface area contributed by atoms with E-state index in [0.717, 1.165) is 10.6 Å². The number of aromatic amines is 1. The number of carbonyl (C=O) groups is 4. The van der Waals surface area contributed by atoms with Gasteiger partial charge in [-0.2, -0.15) is 0 Å². The lowest BCUT2D eigenvalue weighted by atomic mass is 10.1. The van der Waals surface area contributed by atoms with E-state index in [-0.39, 0.29) is 27.0 Å². The Kier molecular flexibility index (Phi) is 5.32. The minimum Gasteiger partial charge on any atom is -0.456 e. The first kappa shape index (κ1) is 20.1. The molecule has 7 nitrogen and oxygen atoms in total. The van der Waals surface area contributed by atoms with Crippen molar-refractivity contribution < 1.29 is 23.9 Å². The zero-order valence-electron chi connectivity index (χ0n) is 15.3. The number of hydrogen-bond donors (Lipinski definition) is 1. The smallest absolute Gasteiger partial charge is 0.329 e. The van der Waals surface area contributed by atoms with Crippen molar-refractivity contribution >= 4 is 46.8 Å². The van der Waals surface area contributed by atoms with Crippen LogP contribution in [0, 0.1) is 13.8 Å². The molecule has 0 bridgehead atoms. The first-order valence-corrected chi connectivity index (χ1v) is 9.10. The van der Waals surface area contributed by atoms with Crippen LogP contribution < -0.4 is 0 Å². The third-order valence-electron chi connectivity index (χ3n) is 4.48. The predicted molar refractivity (Wildman–Crippen MR) is 102 cm³/mol. The maximum absolute atomic E-state index is 12.5. The molecule has 0 fully saturated rings. The highest BCUT2D eigenvalue weighted by Gasteiger charge is 2.42. The molecule has 0 aliphatic carbocycles. The molecule has 0 saturated heterocycles. The number of benzene rings is 1. The second-order valence-electron chi connectivity index (χ2n) is 6.49. The molecule has 2 aromatic rings. The van der Waals surface area contributed by atoms with Gasteiger partial charge in [0.2, 0.25) is 5.78 Å². The van der Waals surface area contributed by atoms with Gasteiger partial charge in [0, 0.05) is 17.0 Å². The Labute approximate surface area is 170 Å². The molecule has 9 heteroatoms. The maximum atomic E-state index is 12.5. The number of aromatic nitrogens is 1. The molecule has 0 spiro atoms. The number of hydrogen-bond acceptors (Lipinski definition) is 5. The van der Waals surface area contributed by atoms with Crippen molar-refractivity contribution in [2.24, 2.45) is 0 Å². The number of carbonyl (C=O) groups excluding carboxylic acids is 4. The first-order valence-electron chi connectivity index (χ1n) is 8.34. The van der Waals surface area contributed by atoms with Gasteiger partial charge in [-0.1, -0.05) is 23.2 Å². The molecular formula is C19H16Cl2N2O5. The highest BCUT2D eigenvalue weighted by atomic mass is 35.5. The van der Waals surface area contributed by atoms with Gasteiger partial charge >= 0.3 is 5.97 Å². The van der Waals surface area contributed by atoms with Crippen LogP contribution in [0.1, 0.15) is 49.4 Å². The fourth-order valence-corrected chi connectivity index (χ4v) is 3.39. The second-order valence-corrected chi connectivity index (χ2v) is 7.30. The second kappa shape index (κ2) is 7.41. The number of halogens is 2. The van der Waals surface area contributed by atoms with Gasteiger partial charge in [-0.15, -0.1) is 0 Å². The van der Waals surface area contributed by atoms with Gasteiger partial charge < -0.3 is 9.72 Å². The summed E-state index contributed by atoms with van der Waals surface area (Å²) >= 11 is 11.8. The zero-order chi connectivity index (χ0) is 20.7. The lowest BCUT2D eigenvalue weighted by Gasteiger charge is -2.20. The third-order valence-corrected chi connectivity index (χ3v) is 5.20. The summed E-state index contributed by atoms with van der Waals surface area (Å²) < 4.78 is 5.04. The van der Waals surface area contributed by atoms with Crippen LogP contribution in [0.2, 0.25) is 10.0 Å². The molecule has 1 aliphatic heterocycles. The number of rotatable bonds is 5. The Morgan fingerprint density at radius 1 is 1.07 bits per heavy atom. The molecule has 1 N–H and O–H groups in total. The molecule has 1 aromatic carbocycles. The van der Waals surface area contributed by atoms with Crippen LogP contribution in [0.5, 0.6) is 0 Å². The highest BCUT2D eigenvalue weighted by molar-refractivity contribution is 6.43. The molecule has 0 saturated carbocycles. The van der Waals surface area contributed by atoms with Gasteiger partial charge in [-0.3, -0.25) is 19.3 Å². The molecule has 2 heterocycles. The van der Waals surface area contributed by atoms with Crippen molar-refractivity contribution in [3.05, 3.63) is 56.3 Å². The topological polar surface area (TPSA) is 96.5 Å². The lowest BCUT2D eigenvalue weighted by Crippen LogP contribution is -2.44. The standard InChI is InChI=1S/C19H16Cl2N2O5/c1-8-4-11(9(2)22-8)16(24)7-28-19(27)10(3)23-17(25)12-5-14(20)15(21)6-13(12)18(23)26/h4-6,10,22H,7H2,1-3H3/t10-/m0/s1. The van der Waals surface area contributed by atoms with Crippen LogP contribution in [0.15, 0.2) is 18.2 Å². The van der Waals surface area contributed by atoms with Crippen LogP contribution in [0.3, 0.4) is 0 Å². The van der Waals surface area contributed by atoms with Gasteiger partial charge in [0.15, 0.2) is 6.61 Å². The average molecular weight is 423 g/mol. The Morgan fingerprint density at radius 3 is 2.07 bits per heavy atom. The van der Waals surface area contributed by atoms with E-state index < -0.39 is 30.4 Å². The summed E-state index contributed by atoms with van der Waals surface area (Å²) in [4.78, 5) is 53.5. The fraction of sp³-hybridized carbons (Fsp3) is 0.263. The van der Waals surface area contributed by atoms with Crippen molar-refractivity contribution in [1.82, 2.24) is 9.88 Å². The summed E-state index contributed by atoms with van der Waals surface area (Å²) in [6.45, 7) is 4.39. The van der Waals surface area contributed by atoms with E-state index >= 15 is 0 Å². The van der Waals surface area contributed by atoms with E-state index in [0.29, 0.717) is 11.3 Å². The number of ketones is 1. The lowest BCUT2D eigenvalue weighted by molar-refractivity contribution is -0.146. The van der Waals surface area contributed by atoms with Crippen LogP contribution in [0.4, 0.5) is 0 Å². The van der Waals surface area contributed by atoms with Crippen LogP contribution in [-0.4, -0.2) is 46.1 Å². The number of ether oxygens (including phenoxy) is 1. The molecule has 1 aromatic heterocycles. The molecule has 146 valence electrons. The Hall–Kier alpha value is -2.64. The minimum absolute atomic E-state index is 0.0635. The summed E-state index contributed by atoms with van der Waals surface area (Å²) in [6.07, 6.45) is 0. The predicted octanol–water partition coefficient (Wildman–Crippen LogP) is 3.35. The Bertz CT molecular complexity index is 987.